The molecular formula is C15H20N4O2S. The van der Waals surface area contributed by atoms with E-state index in [2.05, 4.69) is 20.8 Å². The largest absolute Gasteiger partial charge is 0.385 e. The number of anilines is 1. The minimum absolute atomic E-state index is 0.0747. The van der Waals surface area contributed by atoms with Gasteiger partial charge in [0.05, 0.1) is 5.71 Å². The summed E-state index contributed by atoms with van der Waals surface area (Å²) in [5.74, 6) is 0.699. The van der Waals surface area contributed by atoms with Crippen molar-refractivity contribution in [2.45, 2.75) is 13.3 Å². The van der Waals surface area contributed by atoms with Crippen LogP contribution >= 0.6 is 11.8 Å². The van der Waals surface area contributed by atoms with E-state index in [9.17, 15) is 4.79 Å². The molecule has 0 saturated carbocycles. The highest BCUT2D eigenvalue weighted by Gasteiger charge is 2.12. The number of nitrogens with one attached hydrogen (secondary N) is 2. The molecule has 2 rings (SSSR count). The molecule has 0 radical (unpaired) electrons. The first-order valence-corrected chi connectivity index (χ1v) is 8.04. The molecule has 2 N–H and O–H groups in total. The fourth-order valence-electron chi connectivity index (χ4n) is 1.88. The monoisotopic (exact) mass is 320 g/mol. The van der Waals surface area contributed by atoms with Crippen molar-refractivity contribution < 1.29 is 9.53 Å². The van der Waals surface area contributed by atoms with Crippen LogP contribution in [0, 0.1) is 0 Å². The zero-order chi connectivity index (χ0) is 15.8. The quantitative estimate of drug-likeness (QED) is 0.787. The van der Waals surface area contributed by atoms with Gasteiger partial charge in [0.2, 0.25) is 5.91 Å². The lowest BCUT2D eigenvalue weighted by molar-refractivity contribution is -0.114. The van der Waals surface area contributed by atoms with Crippen LogP contribution in [-0.2, 0) is 9.53 Å². The average Bonchev–Trinajstić information content (AvgIpc) is 2.52. The van der Waals surface area contributed by atoms with Crippen molar-refractivity contribution >= 4 is 34.2 Å². The molecule has 0 atom stereocenters. The van der Waals surface area contributed by atoms with Crippen LogP contribution in [0.4, 0.5) is 5.69 Å². The number of ether oxygens (including phenoxy) is 1. The van der Waals surface area contributed by atoms with Gasteiger partial charge < -0.3 is 10.1 Å². The first-order chi connectivity index (χ1) is 10.7. The summed E-state index contributed by atoms with van der Waals surface area (Å²) in [6.07, 6.45) is 0.906. The van der Waals surface area contributed by atoms with Crippen LogP contribution in [0.25, 0.3) is 0 Å². The zero-order valence-electron chi connectivity index (χ0n) is 12.8. The smallest absolute Gasteiger partial charge is 0.221 e. The van der Waals surface area contributed by atoms with Crippen LogP contribution < -0.4 is 10.7 Å². The Bertz CT molecular complexity index is 569. The van der Waals surface area contributed by atoms with Gasteiger partial charge in [-0.2, -0.15) is 5.10 Å². The second-order valence-corrected chi connectivity index (χ2v) is 5.71. The van der Waals surface area contributed by atoms with Crippen molar-refractivity contribution in [1.29, 1.82) is 0 Å². The number of benzene rings is 1. The summed E-state index contributed by atoms with van der Waals surface area (Å²) in [5.41, 5.74) is 5.77. The molecule has 1 amide bonds. The minimum Gasteiger partial charge on any atom is -0.385 e. The predicted molar refractivity (Wildman–Crippen MR) is 91.7 cm³/mol. The van der Waals surface area contributed by atoms with Crippen LogP contribution in [0.3, 0.4) is 0 Å². The molecule has 118 valence electrons. The molecule has 1 aliphatic heterocycles. The zero-order valence-corrected chi connectivity index (χ0v) is 13.6. The molecule has 0 unspecified atom stereocenters. The third kappa shape index (κ3) is 5.16. The molecule has 0 saturated heterocycles. The summed E-state index contributed by atoms with van der Waals surface area (Å²) < 4.78 is 4.99. The van der Waals surface area contributed by atoms with Crippen LogP contribution in [0.2, 0.25) is 0 Å². The lowest BCUT2D eigenvalue weighted by Gasteiger charge is -2.15. The number of hydrogen-bond donors (Lipinski definition) is 2. The van der Waals surface area contributed by atoms with E-state index >= 15 is 0 Å². The molecule has 0 spiro atoms. The van der Waals surface area contributed by atoms with E-state index in [1.54, 1.807) is 18.9 Å². The van der Waals surface area contributed by atoms with E-state index in [0.29, 0.717) is 0 Å². The fourth-order valence-corrected chi connectivity index (χ4v) is 2.68. The Morgan fingerprint density at radius 3 is 2.82 bits per heavy atom. The maximum absolute atomic E-state index is 11.0. The van der Waals surface area contributed by atoms with Crippen LogP contribution in [0.5, 0.6) is 0 Å². The molecule has 1 heterocycles. The van der Waals surface area contributed by atoms with Gasteiger partial charge in [0, 0.05) is 38.6 Å². The van der Waals surface area contributed by atoms with Gasteiger partial charge in [-0.25, -0.2) is 0 Å². The fraction of sp³-hybridized carbons (Fsp3) is 0.400. The van der Waals surface area contributed by atoms with E-state index in [1.165, 1.54) is 6.92 Å². The van der Waals surface area contributed by atoms with E-state index in [0.717, 1.165) is 47.5 Å². The maximum atomic E-state index is 11.0. The summed E-state index contributed by atoms with van der Waals surface area (Å²) in [4.78, 5) is 15.4. The first-order valence-electron chi connectivity index (χ1n) is 7.06. The molecule has 1 aromatic carbocycles. The number of aliphatic imine (C=N–C) groups is 1. The minimum atomic E-state index is -0.0747. The van der Waals surface area contributed by atoms with Crippen molar-refractivity contribution in [3.05, 3.63) is 29.8 Å². The Hall–Kier alpha value is -1.86. The highest BCUT2D eigenvalue weighted by Crippen LogP contribution is 2.16. The third-order valence-electron chi connectivity index (χ3n) is 2.93. The Morgan fingerprint density at radius 2 is 2.23 bits per heavy atom. The van der Waals surface area contributed by atoms with Crippen molar-refractivity contribution in [3.63, 3.8) is 0 Å². The summed E-state index contributed by atoms with van der Waals surface area (Å²) in [7, 11) is 1.69. The number of hydrazone groups is 1. The lowest BCUT2D eigenvalue weighted by Crippen LogP contribution is -2.25. The highest BCUT2D eigenvalue weighted by molar-refractivity contribution is 8.14. The first kappa shape index (κ1) is 16.5. The van der Waals surface area contributed by atoms with E-state index < -0.39 is 0 Å². The molecule has 0 bridgehead atoms. The summed E-state index contributed by atoms with van der Waals surface area (Å²) in [6, 6.07) is 7.65. The van der Waals surface area contributed by atoms with Crippen molar-refractivity contribution in [2.75, 3.05) is 31.3 Å². The number of nitrogens with zero attached hydrogens (tertiary/aromatic N) is 2. The van der Waals surface area contributed by atoms with Gasteiger partial charge in [0.25, 0.3) is 0 Å². The van der Waals surface area contributed by atoms with Crippen molar-refractivity contribution in [1.82, 2.24) is 5.43 Å². The molecule has 1 aliphatic rings. The van der Waals surface area contributed by atoms with Gasteiger partial charge in [0.1, 0.15) is 0 Å². The number of carbonyl (C=O) groups excluding carboxylic acids is 1. The van der Waals surface area contributed by atoms with Crippen molar-refractivity contribution in [2.24, 2.45) is 10.1 Å². The predicted octanol–water partition coefficient (Wildman–Crippen LogP) is 2.08. The summed E-state index contributed by atoms with van der Waals surface area (Å²) in [5, 5.41) is 7.96. The van der Waals surface area contributed by atoms with E-state index in [4.69, 9.17) is 4.74 Å². The van der Waals surface area contributed by atoms with Gasteiger partial charge in [0.15, 0.2) is 5.17 Å². The summed E-state index contributed by atoms with van der Waals surface area (Å²) in [6.45, 7) is 2.95. The summed E-state index contributed by atoms with van der Waals surface area (Å²) >= 11 is 1.64. The lowest BCUT2D eigenvalue weighted by atomic mass is 10.1. The van der Waals surface area contributed by atoms with Crippen molar-refractivity contribution in [3.8, 4) is 0 Å². The van der Waals surface area contributed by atoms with Crippen LogP contribution in [0.1, 0.15) is 18.9 Å². The molecular weight excluding hydrogens is 300 g/mol. The Balaban J connectivity index is 1.91. The number of methoxy groups -OCH3 is 1. The number of amides is 1. The van der Waals surface area contributed by atoms with Crippen LogP contribution in [-0.4, -0.2) is 42.8 Å². The number of amidine groups is 1. The Kier molecular flexibility index (Phi) is 6.42. The number of thioether (sulfide) groups is 1. The number of hydrogen-bond acceptors (Lipinski definition) is 5. The Labute approximate surface area is 134 Å². The maximum Gasteiger partial charge on any atom is 0.221 e. The SMILES string of the molecule is COCCCN=C1NN=C(c2ccc(NC(C)=O)cc2)CS1. The van der Waals surface area contributed by atoms with Gasteiger partial charge in [-0.05, 0) is 24.1 Å². The normalized spacial score (nSPS) is 16.1. The average molecular weight is 320 g/mol. The standard InChI is InChI=1S/C15H20N4O2S/c1-11(20)17-13-6-4-12(5-7-13)14-10-22-15(19-18-14)16-8-3-9-21-2/h4-7H,3,8-10H2,1-2H3,(H,16,19)(H,17,20). The van der Waals surface area contributed by atoms with Gasteiger partial charge in [-0.15, -0.1) is 0 Å². The molecule has 1 aromatic rings. The molecule has 0 aromatic heterocycles. The molecule has 0 fully saturated rings. The highest BCUT2D eigenvalue weighted by atomic mass is 32.2. The molecule has 22 heavy (non-hydrogen) atoms. The molecule has 7 heteroatoms. The molecule has 6 nitrogen and oxygen atoms in total. The third-order valence-corrected chi connectivity index (χ3v) is 3.84. The second-order valence-electron chi connectivity index (χ2n) is 4.75. The van der Waals surface area contributed by atoms with Crippen LogP contribution in [0.15, 0.2) is 34.4 Å². The topological polar surface area (TPSA) is 75.1 Å². The molecule has 0 aliphatic carbocycles. The van der Waals surface area contributed by atoms with Gasteiger partial charge in [-0.1, -0.05) is 23.9 Å². The Morgan fingerprint density at radius 1 is 1.45 bits per heavy atom. The number of carbonyl (C=O) groups is 1. The number of rotatable bonds is 6. The van der Waals surface area contributed by atoms with Gasteiger partial charge in [-0.3, -0.25) is 15.2 Å². The second kappa shape index (κ2) is 8.55. The van der Waals surface area contributed by atoms with E-state index in [1.807, 2.05) is 24.3 Å². The van der Waals surface area contributed by atoms with Gasteiger partial charge >= 0.3 is 0 Å². The van der Waals surface area contributed by atoms with E-state index in [-0.39, 0.29) is 5.91 Å².